The number of aromatic amines is 1. The Bertz CT molecular complexity index is 697. The molecule has 0 unspecified atom stereocenters. The fraction of sp³-hybridized carbons (Fsp3) is 0.650. The Kier molecular flexibility index (Phi) is 4.82. The van der Waals surface area contributed by atoms with Gasteiger partial charge in [-0.1, -0.05) is 0 Å². The monoisotopic (exact) mass is 344 g/mol. The number of hydrogen-bond acceptors (Lipinski definition) is 4. The summed E-state index contributed by atoms with van der Waals surface area (Å²) in [5.41, 5.74) is 2.50. The quantitative estimate of drug-likeness (QED) is 0.863. The molecule has 0 aliphatic carbocycles. The van der Waals surface area contributed by atoms with Gasteiger partial charge in [-0.15, -0.1) is 0 Å². The summed E-state index contributed by atoms with van der Waals surface area (Å²) in [4.78, 5) is 10.3. The van der Waals surface area contributed by atoms with Crippen molar-refractivity contribution >= 4 is 0 Å². The van der Waals surface area contributed by atoms with E-state index in [-0.39, 0.29) is 11.1 Å². The van der Waals surface area contributed by atoms with E-state index in [0.717, 1.165) is 48.8 Å². The summed E-state index contributed by atoms with van der Waals surface area (Å²) < 4.78 is 5.87. The van der Waals surface area contributed by atoms with Crippen LogP contribution in [0.4, 0.5) is 0 Å². The molecule has 5 nitrogen and oxygen atoms in total. The molecule has 5 heteroatoms. The van der Waals surface area contributed by atoms with Gasteiger partial charge in [0.1, 0.15) is 11.5 Å². The zero-order chi connectivity index (χ0) is 18.2. The van der Waals surface area contributed by atoms with Crippen molar-refractivity contribution in [2.24, 2.45) is 0 Å². The van der Waals surface area contributed by atoms with Crippen LogP contribution in [0.2, 0.25) is 0 Å². The van der Waals surface area contributed by atoms with Gasteiger partial charge in [0.05, 0.1) is 18.6 Å². The minimum absolute atomic E-state index is 0.115. The molecule has 0 saturated carbocycles. The normalized spacial score (nSPS) is 20.3. The van der Waals surface area contributed by atoms with Crippen molar-refractivity contribution in [3.05, 3.63) is 41.4 Å². The van der Waals surface area contributed by atoms with Gasteiger partial charge in [0.15, 0.2) is 0 Å². The molecule has 1 fully saturated rings. The number of furan rings is 1. The van der Waals surface area contributed by atoms with Gasteiger partial charge in [-0.25, -0.2) is 4.98 Å². The molecular weight excluding hydrogens is 312 g/mol. The standard InChI is InChI=1S/C20H32N4O/c1-14-7-8-17(25-14)11-24(12-18-15(2)21-13-22-18)16-9-19(3,4)23-20(5,6)10-16/h7-8,13,16,23H,9-12H2,1-6H3,(H,21,22). The van der Waals surface area contributed by atoms with Gasteiger partial charge in [0.25, 0.3) is 0 Å². The Hall–Kier alpha value is -1.59. The van der Waals surface area contributed by atoms with E-state index in [1.165, 1.54) is 0 Å². The molecule has 2 N–H and O–H groups in total. The van der Waals surface area contributed by atoms with Gasteiger partial charge < -0.3 is 14.7 Å². The summed E-state index contributed by atoms with van der Waals surface area (Å²) in [5.74, 6) is 2.00. The third-order valence-electron chi connectivity index (χ3n) is 5.13. The van der Waals surface area contributed by atoms with Crippen LogP contribution in [0.1, 0.15) is 63.4 Å². The Morgan fingerprint density at radius 2 is 1.80 bits per heavy atom. The molecule has 0 atom stereocenters. The average molecular weight is 345 g/mol. The van der Waals surface area contributed by atoms with E-state index < -0.39 is 0 Å². The fourth-order valence-corrected chi connectivity index (χ4v) is 4.35. The smallest absolute Gasteiger partial charge is 0.118 e. The summed E-state index contributed by atoms with van der Waals surface area (Å²) in [5, 5.41) is 3.78. The van der Waals surface area contributed by atoms with Crippen LogP contribution in [0.25, 0.3) is 0 Å². The predicted molar refractivity (Wildman–Crippen MR) is 100 cm³/mol. The second-order valence-electron chi connectivity index (χ2n) is 8.85. The first kappa shape index (κ1) is 18.2. The Balaban J connectivity index is 1.85. The van der Waals surface area contributed by atoms with Crippen molar-refractivity contribution in [2.45, 2.75) is 84.6 Å². The Morgan fingerprint density at radius 1 is 1.12 bits per heavy atom. The largest absolute Gasteiger partial charge is 0.465 e. The maximum Gasteiger partial charge on any atom is 0.118 e. The fourth-order valence-electron chi connectivity index (χ4n) is 4.35. The summed E-state index contributed by atoms with van der Waals surface area (Å²) >= 11 is 0. The molecule has 0 spiro atoms. The topological polar surface area (TPSA) is 57.1 Å². The number of aryl methyl sites for hydroxylation is 2. The number of rotatable bonds is 5. The maximum absolute atomic E-state index is 5.87. The van der Waals surface area contributed by atoms with Crippen molar-refractivity contribution in [1.29, 1.82) is 0 Å². The van der Waals surface area contributed by atoms with Gasteiger partial charge in [0.2, 0.25) is 0 Å². The van der Waals surface area contributed by atoms with Crippen LogP contribution in [0.5, 0.6) is 0 Å². The molecule has 3 heterocycles. The van der Waals surface area contributed by atoms with Crippen LogP contribution in [0.3, 0.4) is 0 Å². The summed E-state index contributed by atoms with van der Waals surface area (Å²) in [7, 11) is 0. The summed E-state index contributed by atoms with van der Waals surface area (Å²) in [6, 6.07) is 4.62. The van der Waals surface area contributed by atoms with Gasteiger partial charge in [0, 0.05) is 29.4 Å². The zero-order valence-electron chi connectivity index (χ0n) is 16.4. The first-order chi connectivity index (χ1) is 11.6. The third-order valence-corrected chi connectivity index (χ3v) is 5.13. The zero-order valence-corrected chi connectivity index (χ0v) is 16.4. The second-order valence-corrected chi connectivity index (χ2v) is 8.85. The first-order valence-corrected chi connectivity index (χ1v) is 9.21. The van der Waals surface area contributed by atoms with Crippen LogP contribution in [-0.4, -0.2) is 32.0 Å². The van der Waals surface area contributed by atoms with Gasteiger partial charge >= 0.3 is 0 Å². The van der Waals surface area contributed by atoms with Gasteiger partial charge in [-0.05, 0) is 66.5 Å². The Morgan fingerprint density at radius 3 is 2.32 bits per heavy atom. The van der Waals surface area contributed by atoms with E-state index in [0.29, 0.717) is 6.04 Å². The van der Waals surface area contributed by atoms with Gasteiger partial charge in [-0.2, -0.15) is 0 Å². The van der Waals surface area contributed by atoms with Crippen molar-refractivity contribution in [2.75, 3.05) is 0 Å². The van der Waals surface area contributed by atoms with Crippen LogP contribution in [0, 0.1) is 13.8 Å². The average Bonchev–Trinajstić information content (AvgIpc) is 3.04. The molecule has 0 aromatic carbocycles. The van der Waals surface area contributed by atoms with Crippen molar-refractivity contribution in [3.8, 4) is 0 Å². The number of nitrogens with one attached hydrogen (secondary N) is 2. The molecule has 2 aromatic heterocycles. The third kappa shape index (κ3) is 4.53. The van der Waals surface area contributed by atoms with Crippen LogP contribution in [0.15, 0.2) is 22.9 Å². The lowest BCUT2D eigenvalue weighted by Gasteiger charge is -2.49. The SMILES string of the molecule is Cc1ccc(CN(Cc2nc[nH]c2C)C2CC(C)(C)NC(C)(C)C2)o1. The van der Waals surface area contributed by atoms with E-state index in [9.17, 15) is 0 Å². The molecule has 0 amide bonds. The molecular formula is C20H32N4O. The van der Waals surface area contributed by atoms with E-state index in [1.807, 2.05) is 13.0 Å². The van der Waals surface area contributed by atoms with Crippen molar-refractivity contribution in [3.63, 3.8) is 0 Å². The number of nitrogens with zero attached hydrogens (tertiary/aromatic N) is 2. The molecule has 1 aliphatic rings. The highest BCUT2D eigenvalue weighted by Gasteiger charge is 2.40. The lowest BCUT2D eigenvalue weighted by molar-refractivity contribution is 0.0513. The van der Waals surface area contributed by atoms with E-state index in [1.54, 1.807) is 6.33 Å². The van der Waals surface area contributed by atoms with Crippen molar-refractivity contribution in [1.82, 2.24) is 20.2 Å². The second kappa shape index (κ2) is 6.61. The number of imidazole rings is 1. The summed E-state index contributed by atoms with van der Waals surface area (Å²) in [6.07, 6.45) is 4.01. The highest BCUT2D eigenvalue weighted by molar-refractivity contribution is 5.11. The predicted octanol–water partition coefficient (Wildman–Crippen LogP) is 3.93. The van der Waals surface area contributed by atoms with E-state index in [2.05, 4.69) is 60.9 Å². The Labute approximate surface area is 151 Å². The van der Waals surface area contributed by atoms with E-state index in [4.69, 9.17) is 4.42 Å². The van der Waals surface area contributed by atoms with Crippen LogP contribution < -0.4 is 5.32 Å². The molecule has 1 aliphatic heterocycles. The number of piperidine rings is 1. The summed E-state index contributed by atoms with van der Waals surface area (Å²) in [6.45, 7) is 15.0. The van der Waals surface area contributed by atoms with Crippen LogP contribution in [-0.2, 0) is 13.1 Å². The molecule has 0 bridgehead atoms. The van der Waals surface area contributed by atoms with E-state index >= 15 is 0 Å². The minimum Gasteiger partial charge on any atom is -0.465 e. The number of H-pyrrole nitrogens is 1. The number of hydrogen-bond donors (Lipinski definition) is 2. The molecule has 2 aromatic rings. The first-order valence-electron chi connectivity index (χ1n) is 9.21. The molecule has 0 radical (unpaired) electrons. The minimum atomic E-state index is 0.115. The maximum atomic E-state index is 5.87. The molecule has 25 heavy (non-hydrogen) atoms. The van der Waals surface area contributed by atoms with Crippen molar-refractivity contribution < 1.29 is 4.42 Å². The lowest BCUT2D eigenvalue weighted by Crippen LogP contribution is -2.62. The number of aromatic nitrogens is 2. The lowest BCUT2D eigenvalue weighted by atomic mass is 9.79. The highest BCUT2D eigenvalue weighted by Crippen LogP contribution is 2.33. The molecule has 3 rings (SSSR count). The molecule has 138 valence electrons. The molecule has 1 saturated heterocycles. The highest BCUT2D eigenvalue weighted by atomic mass is 16.3. The van der Waals surface area contributed by atoms with Crippen LogP contribution >= 0.6 is 0 Å². The van der Waals surface area contributed by atoms with Gasteiger partial charge in [-0.3, -0.25) is 4.90 Å².